The van der Waals surface area contributed by atoms with E-state index in [0.717, 1.165) is 16.2 Å². The van der Waals surface area contributed by atoms with E-state index in [1.165, 1.54) is 12.1 Å². The van der Waals surface area contributed by atoms with Gasteiger partial charge >= 0.3 is 0 Å². The zero-order valence-corrected chi connectivity index (χ0v) is 11.3. The molecule has 0 aliphatic rings. The highest BCUT2D eigenvalue weighted by Gasteiger charge is 2.09. The Morgan fingerprint density at radius 3 is 2.28 bits per heavy atom. The third-order valence-corrected chi connectivity index (χ3v) is 3.32. The fraction of sp³-hybridized carbons (Fsp3) is 0.143. The van der Waals surface area contributed by atoms with Crippen LogP contribution in [0, 0.1) is 11.6 Å². The summed E-state index contributed by atoms with van der Waals surface area (Å²) < 4.78 is 27.2. The van der Waals surface area contributed by atoms with Crippen LogP contribution in [0.25, 0.3) is 0 Å². The summed E-state index contributed by atoms with van der Waals surface area (Å²) in [6.45, 7) is 1.85. The SMILES string of the molecule is CC(Nc1ccccc1Br)c1cc(F)cc(F)c1. The minimum absolute atomic E-state index is 0.186. The van der Waals surface area contributed by atoms with Gasteiger partial charge in [-0.3, -0.25) is 0 Å². The smallest absolute Gasteiger partial charge is 0.126 e. The first kappa shape index (κ1) is 13.0. The van der Waals surface area contributed by atoms with Crippen molar-refractivity contribution >= 4 is 21.6 Å². The summed E-state index contributed by atoms with van der Waals surface area (Å²) in [7, 11) is 0. The lowest BCUT2D eigenvalue weighted by molar-refractivity contribution is 0.577. The van der Waals surface area contributed by atoms with Crippen LogP contribution < -0.4 is 5.32 Å². The monoisotopic (exact) mass is 311 g/mol. The highest BCUT2D eigenvalue weighted by atomic mass is 79.9. The number of hydrogen-bond donors (Lipinski definition) is 1. The molecule has 0 heterocycles. The van der Waals surface area contributed by atoms with Gasteiger partial charge in [-0.1, -0.05) is 12.1 Å². The molecule has 0 aliphatic heterocycles. The summed E-state index contributed by atoms with van der Waals surface area (Å²) in [6.07, 6.45) is 0. The number of rotatable bonds is 3. The van der Waals surface area contributed by atoms with E-state index in [0.29, 0.717) is 5.56 Å². The molecule has 0 aromatic heterocycles. The second-order valence-corrected chi connectivity index (χ2v) is 4.90. The molecule has 1 unspecified atom stereocenters. The first-order valence-electron chi connectivity index (χ1n) is 5.53. The van der Waals surface area contributed by atoms with Crippen molar-refractivity contribution in [3.05, 3.63) is 64.1 Å². The van der Waals surface area contributed by atoms with Gasteiger partial charge in [-0.15, -0.1) is 0 Å². The summed E-state index contributed by atoms with van der Waals surface area (Å²) in [5.74, 6) is -1.13. The molecule has 2 rings (SSSR count). The second-order valence-electron chi connectivity index (χ2n) is 4.05. The van der Waals surface area contributed by atoms with Gasteiger partial charge in [0.05, 0.1) is 0 Å². The molecule has 94 valence electrons. The topological polar surface area (TPSA) is 12.0 Å². The van der Waals surface area contributed by atoms with Crippen molar-refractivity contribution in [3.8, 4) is 0 Å². The Bertz CT molecular complexity index is 537. The predicted octanol–water partition coefficient (Wildman–Crippen LogP) is 4.90. The van der Waals surface area contributed by atoms with Gasteiger partial charge < -0.3 is 5.32 Å². The van der Waals surface area contributed by atoms with E-state index >= 15 is 0 Å². The molecule has 1 atom stereocenters. The van der Waals surface area contributed by atoms with Crippen LogP contribution >= 0.6 is 15.9 Å². The van der Waals surface area contributed by atoms with Crippen LogP contribution in [0.5, 0.6) is 0 Å². The molecular weight excluding hydrogens is 300 g/mol. The lowest BCUT2D eigenvalue weighted by Crippen LogP contribution is -2.07. The quantitative estimate of drug-likeness (QED) is 0.850. The molecule has 0 amide bonds. The van der Waals surface area contributed by atoms with E-state index in [4.69, 9.17) is 0 Å². The first-order valence-corrected chi connectivity index (χ1v) is 6.32. The fourth-order valence-electron chi connectivity index (χ4n) is 1.72. The van der Waals surface area contributed by atoms with Gasteiger partial charge in [-0.2, -0.15) is 0 Å². The molecule has 0 aliphatic carbocycles. The van der Waals surface area contributed by atoms with Gasteiger partial charge in [-0.05, 0) is 52.7 Å². The first-order chi connectivity index (χ1) is 8.56. The Balaban J connectivity index is 2.22. The number of anilines is 1. The van der Waals surface area contributed by atoms with Crippen LogP contribution in [0.15, 0.2) is 46.9 Å². The Labute approximate surface area is 113 Å². The molecule has 4 heteroatoms. The van der Waals surface area contributed by atoms with E-state index < -0.39 is 11.6 Å². The van der Waals surface area contributed by atoms with E-state index in [-0.39, 0.29) is 6.04 Å². The number of para-hydroxylation sites is 1. The standard InChI is InChI=1S/C14H12BrF2N/c1-9(10-6-11(16)8-12(17)7-10)18-14-5-3-2-4-13(14)15/h2-9,18H,1H3. The normalized spacial score (nSPS) is 12.2. The van der Waals surface area contributed by atoms with Crippen molar-refractivity contribution in [1.29, 1.82) is 0 Å². The molecule has 0 fully saturated rings. The van der Waals surface area contributed by atoms with Crippen LogP contribution in [0.1, 0.15) is 18.5 Å². The fourth-order valence-corrected chi connectivity index (χ4v) is 2.12. The number of halogens is 3. The molecule has 1 N–H and O–H groups in total. The minimum Gasteiger partial charge on any atom is -0.378 e. The average Bonchev–Trinajstić information content (AvgIpc) is 2.31. The Morgan fingerprint density at radius 2 is 1.67 bits per heavy atom. The molecule has 0 radical (unpaired) electrons. The van der Waals surface area contributed by atoms with Crippen molar-refractivity contribution in [2.24, 2.45) is 0 Å². The van der Waals surface area contributed by atoms with E-state index in [9.17, 15) is 8.78 Å². The molecule has 1 nitrogen and oxygen atoms in total. The van der Waals surface area contributed by atoms with E-state index in [1.54, 1.807) is 0 Å². The van der Waals surface area contributed by atoms with Crippen LogP contribution in [-0.4, -0.2) is 0 Å². The van der Waals surface area contributed by atoms with Crippen LogP contribution in [0.2, 0.25) is 0 Å². The number of benzene rings is 2. The maximum absolute atomic E-state index is 13.1. The number of nitrogens with one attached hydrogen (secondary N) is 1. The lowest BCUT2D eigenvalue weighted by atomic mass is 10.1. The van der Waals surface area contributed by atoms with Crippen molar-refractivity contribution in [1.82, 2.24) is 0 Å². The van der Waals surface area contributed by atoms with Gasteiger partial charge in [0.1, 0.15) is 11.6 Å². The van der Waals surface area contributed by atoms with Gasteiger partial charge in [0, 0.05) is 22.3 Å². The second kappa shape index (κ2) is 5.48. The summed E-state index contributed by atoms with van der Waals surface area (Å²) in [4.78, 5) is 0. The van der Waals surface area contributed by atoms with Crippen LogP contribution in [0.3, 0.4) is 0 Å². The van der Waals surface area contributed by atoms with Crippen LogP contribution in [0.4, 0.5) is 14.5 Å². The summed E-state index contributed by atoms with van der Waals surface area (Å²) in [5, 5.41) is 3.20. The molecule has 2 aromatic carbocycles. The van der Waals surface area contributed by atoms with Crippen molar-refractivity contribution < 1.29 is 8.78 Å². The molecule has 0 bridgehead atoms. The molecule has 0 saturated carbocycles. The summed E-state index contributed by atoms with van der Waals surface area (Å²) in [5.41, 5.74) is 1.46. The van der Waals surface area contributed by atoms with Gasteiger partial charge in [0.25, 0.3) is 0 Å². The van der Waals surface area contributed by atoms with Crippen molar-refractivity contribution in [2.45, 2.75) is 13.0 Å². The minimum atomic E-state index is -0.564. The molecule has 0 saturated heterocycles. The van der Waals surface area contributed by atoms with E-state index in [2.05, 4.69) is 21.2 Å². The zero-order chi connectivity index (χ0) is 13.1. The van der Waals surface area contributed by atoms with Gasteiger partial charge in [0.15, 0.2) is 0 Å². The zero-order valence-electron chi connectivity index (χ0n) is 9.75. The van der Waals surface area contributed by atoms with Gasteiger partial charge in [-0.25, -0.2) is 8.78 Å². The molecule has 2 aromatic rings. The Morgan fingerprint density at radius 1 is 1.06 bits per heavy atom. The number of hydrogen-bond acceptors (Lipinski definition) is 1. The Kier molecular flexibility index (Phi) is 3.97. The van der Waals surface area contributed by atoms with E-state index in [1.807, 2.05) is 31.2 Å². The summed E-state index contributed by atoms with van der Waals surface area (Å²) >= 11 is 3.42. The largest absolute Gasteiger partial charge is 0.378 e. The predicted molar refractivity (Wildman–Crippen MR) is 72.5 cm³/mol. The maximum atomic E-state index is 13.1. The molecule has 0 spiro atoms. The third-order valence-electron chi connectivity index (χ3n) is 2.63. The molecule has 18 heavy (non-hydrogen) atoms. The van der Waals surface area contributed by atoms with Gasteiger partial charge in [0.2, 0.25) is 0 Å². The van der Waals surface area contributed by atoms with Crippen molar-refractivity contribution in [3.63, 3.8) is 0 Å². The lowest BCUT2D eigenvalue weighted by Gasteiger charge is -2.17. The average molecular weight is 312 g/mol. The molecular formula is C14H12BrF2N. The van der Waals surface area contributed by atoms with Crippen molar-refractivity contribution in [2.75, 3.05) is 5.32 Å². The Hall–Kier alpha value is -1.42. The highest BCUT2D eigenvalue weighted by Crippen LogP contribution is 2.26. The maximum Gasteiger partial charge on any atom is 0.126 e. The highest BCUT2D eigenvalue weighted by molar-refractivity contribution is 9.10. The summed E-state index contributed by atoms with van der Waals surface area (Å²) in [6, 6.07) is 10.9. The third kappa shape index (κ3) is 3.07. The van der Waals surface area contributed by atoms with Crippen LogP contribution in [-0.2, 0) is 0 Å².